The lowest BCUT2D eigenvalue weighted by Crippen LogP contribution is -2.42. The third kappa shape index (κ3) is 6.26. The normalized spacial score (nSPS) is 16.3. The second-order valence-corrected chi connectivity index (χ2v) is 8.41. The Bertz CT molecular complexity index is 891. The van der Waals surface area contributed by atoms with E-state index in [0.717, 1.165) is 42.2 Å². The number of para-hydroxylation sites is 1. The fraction of sp³-hybridized carbons (Fsp3) is 0.500. The predicted octanol–water partition coefficient (Wildman–Crippen LogP) is 2.95. The van der Waals surface area contributed by atoms with Crippen LogP contribution in [0.4, 0.5) is 0 Å². The van der Waals surface area contributed by atoms with Crippen molar-refractivity contribution < 1.29 is 14.3 Å². The summed E-state index contributed by atoms with van der Waals surface area (Å²) < 4.78 is 5.62. The van der Waals surface area contributed by atoms with Gasteiger partial charge in [0.1, 0.15) is 11.6 Å². The summed E-state index contributed by atoms with van der Waals surface area (Å²) in [6.45, 7) is 9.07. The maximum Gasteiger partial charge on any atom is 0.260 e. The zero-order valence-electron chi connectivity index (χ0n) is 18.9. The molecule has 3 rings (SSSR count). The smallest absolute Gasteiger partial charge is 0.260 e. The number of nitrogens with zero attached hydrogens (tertiary/aromatic N) is 3. The minimum absolute atomic E-state index is 0.0228. The van der Waals surface area contributed by atoms with Gasteiger partial charge < -0.3 is 15.0 Å². The van der Waals surface area contributed by atoms with Crippen LogP contribution in [0.1, 0.15) is 55.4 Å². The van der Waals surface area contributed by atoms with E-state index in [9.17, 15) is 9.59 Å². The highest BCUT2D eigenvalue weighted by molar-refractivity contribution is 5.79. The number of benzene rings is 1. The molecule has 1 aromatic heterocycles. The number of likely N-dealkylation sites (tertiary alicyclic amines) is 1. The minimum atomic E-state index is -0.0241. The average Bonchev–Trinajstić information content (AvgIpc) is 2.74. The summed E-state index contributed by atoms with van der Waals surface area (Å²) in [6.07, 6.45) is 2.12. The van der Waals surface area contributed by atoms with Crippen LogP contribution >= 0.6 is 0 Å². The van der Waals surface area contributed by atoms with Crippen LogP contribution in [0.5, 0.6) is 5.75 Å². The molecule has 0 spiro atoms. The first-order valence-electron chi connectivity index (χ1n) is 10.9. The standard InChI is InChI=1S/C24H32N4O3/c1-16(2)25-22(29)13-21-17(3)26-24(27-18(21)4)19-9-8-12-28(14-19)23(30)15-31-20-10-6-5-7-11-20/h5-7,10-11,16,19H,8-9,12-15H2,1-4H3,(H,25,29)/t19-/m0/s1. The summed E-state index contributed by atoms with van der Waals surface area (Å²) in [5.41, 5.74) is 2.54. The molecule has 31 heavy (non-hydrogen) atoms. The van der Waals surface area contributed by atoms with Gasteiger partial charge in [-0.1, -0.05) is 18.2 Å². The lowest BCUT2D eigenvalue weighted by molar-refractivity contribution is -0.134. The van der Waals surface area contributed by atoms with Crippen LogP contribution in [-0.4, -0.2) is 52.4 Å². The minimum Gasteiger partial charge on any atom is -0.484 e. The molecule has 1 aromatic carbocycles. The van der Waals surface area contributed by atoms with Gasteiger partial charge in [-0.05, 0) is 52.7 Å². The topological polar surface area (TPSA) is 84.4 Å². The van der Waals surface area contributed by atoms with Gasteiger partial charge in [0, 0.05) is 42.0 Å². The monoisotopic (exact) mass is 424 g/mol. The molecule has 1 atom stereocenters. The van der Waals surface area contributed by atoms with E-state index < -0.39 is 0 Å². The first-order valence-corrected chi connectivity index (χ1v) is 10.9. The second kappa shape index (κ2) is 10.4. The number of rotatable bonds is 7. The van der Waals surface area contributed by atoms with Crippen molar-refractivity contribution in [1.82, 2.24) is 20.2 Å². The molecule has 1 aliphatic rings. The number of hydrogen-bond acceptors (Lipinski definition) is 5. The van der Waals surface area contributed by atoms with Gasteiger partial charge in [0.2, 0.25) is 5.91 Å². The second-order valence-electron chi connectivity index (χ2n) is 8.41. The van der Waals surface area contributed by atoms with E-state index in [0.29, 0.717) is 12.3 Å². The molecule has 0 radical (unpaired) electrons. The Labute approximate surface area is 184 Å². The molecule has 1 fully saturated rings. The number of aryl methyl sites for hydroxylation is 2. The van der Waals surface area contributed by atoms with Crippen LogP contribution in [0, 0.1) is 13.8 Å². The first-order chi connectivity index (χ1) is 14.8. The lowest BCUT2D eigenvalue weighted by atomic mass is 9.96. The number of hydrogen-bond donors (Lipinski definition) is 1. The van der Waals surface area contributed by atoms with Crippen LogP contribution in [0.3, 0.4) is 0 Å². The highest BCUT2D eigenvalue weighted by Gasteiger charge is 2.27. The Hall–Kier alpha value is -2.96. The summed E-state index contributed by atoms with van der Waals surface area (Å²) in [5, 5.41) is 2.92. The van der Waals surface area contributed by atoms with Crippen LogP contribution in [-0.2, 0) is 16.0 Å². The molecule has 7 nitrogen and oxygen atoms in total. The fourth-order valence-corrected chi connectivity index (χ4v) is 3.90. The van der Waals surface area contributed by atoms with Gasteiger partial charge in [0.05, 0.1) is 6.42 Å². The largest absolute Gasteiger partial charge is 0.484 e. The maximum atomic E-state index is 12.7. The van der Waals surface area contributed by atoms with E-state index in [1.165, 1.54) is 0 Å². The van der Waals surface area contributed by atoms with E-state index in [1.54, 1.807) is 0 Å². The van der Waals surface area contributed by atoms with Crippen molar-refractivity contribution in [2.24, 2.45) is 0 Å². The average molecular weight is 425 g/mol. The molecule has 1 N–H and O–H groups in total. The summed E-state index contributed by atoms with van der Waals surface area (Å²) in [5.74, 6) is 1.49. The van der Waals surface area contributed by atoms with Gasteiger partial charge in [-0.3, -0.25) is 9.59 Å². The number of carbonyl (C=O) groups is 2. The Morgan fingerprint density at radius 1 is 1.16 bits per heavy atom. The van der Waals surface area contributed by atoms with Crippen molar-refractivity contribution in [3.05, 3.63) is 53.1 Å². The van der Waals surface area contributed by atoms with Gasteiger partial charge in [-0.2, -0.15) is 0 Å². The van der Waals surface area contributed by atoms with Crippen molar-refractivity contribution in [2.75, 3.05) is 19.7 Å². The molecular formula is C24H32N4O3. The van der Waals surface area contributed by atoms with E-state index in [4.69, 9.17) is 14.7 Å². The number of aromatic nitrogens is 2. The van der Waals surface area contributed by atoms with Gasteiger partial charge in [0.25, 0.3) is 5.91 Å². The van der Waals surface area contributed by atoms with Gasteiger partial charge in [-0.15, -0.1) is 0 Å². The van der Waals surface area contributed by atoms with E-state index >= 15 is 0 Å². The van der Waals surface area contributed by atoms with Gasteiger partial charge in [0.15, 0.2) is 6.61 Å². The Kier molecular flexibility index (Phi) is 7.60. The van der Waals surface area contributed by atoms with Crippen LogP contribution in [0.2, 0.25) is 0 Å². The molecule has 0 unspecified atom stereocenters. The van der Waals surface area contributed by atoms with Gasteiger partial charge in [-0.25, -0.2) is 9.97 Å². The zero-order valence-corrected chi connectivity index (χ0v) is 18.9. The summed E-state index contributed by atoms with van der Waals surface area (Å²) in [6, 6.07) is 9.47. The summed E-state index contributed by atoms with van der Waals surface area (Å²) in [4.78, 5) is 36.1. The quantitative estimate of drug-likeness (QED) is 0.739. The molecular weight excluding hydrogens is 392 g/mol. The SMILES string of the molecule is Cc1nc([C@H]2CCCN(C(=O)COc3ccccc3)C2)nc(C)c1CC(=O)NC(C)C. The molecule has 2 amide bonds. The Morgan fingerprint density at radius 3 is 2.48 bits per heavy atom. The van der Waals surface area contributed by atoms with Crippen LogP contribution in [0.25, 0.3) is 0 Å². The number of carbonyl (C=O) groups excluding carboxylic acids is 2. The molecule has 0 saturated carbocycles. The van der Waals surface area contributed by atoms with Crippen molar-refractivity contribution in [3.63, 3.8) is 0 Å². The van der Waals surface area contributed by atoms with Crippen molar-refractivity contribution in [3.8, 4) is 5.75 Å². The molecule has 2 aromatic rings. The van der Waals surface area contributed by atoms with E-state index in [1.807, 2.05) is 62.9 Å². The third-order valence-corrected chi connectivity index (χ3v) is 5.47. The lowest BCUT2D eigenvalue weighted by Gasteiger charge is -2.32. The van der Waals surface area contributed by atoms with E-state index in [-0.39, 0.29) is 36.8 Å². The Balaban J connectivity index is 1.64. The van der Waals surface area contributed by atoms with Crippen LogP contribution < -0.4 is 10.1 Å². The fourth-order valence-electron chi connectivity index (χ4n) is 3.90. The van der Waals surface area contributed by atoms with Crippen molar-refractivity contribution in [1.29, 1.82) is 0 Å². The van der Waals surface area contributed by atoms with Crippen molar-refractivity contribution in [2.45, 2.75) is 58.9 Å². The number of nitrogens with one attached hydrogen (secondary N) is 1. The highest BCUT2D eigenvalue weighted by Crippen LogP contribution is 2.26. The highest BCUT2D eigenvalue weighted by atomic mass is 16.5. The summed E-state index contributed by atoms with van der Waals surface area (Å²) in [7, 11) is 0. The Morgan fingerprint density at radius 2 is 1.84 bits per heavy atom. The molecule has 166 valence electrons. The maximum absolute atomic E-state index is 12.7. The summed E-state index contributed by atoms with van der Waals surface area (Å²) >= 11 is 0. The molecule has 0 aliphatic carbocycles. The van der Waals surface area contributed by atoms with Crippen molar-refractivity contribution >= 4 is 11.8 Å². The molecule has 1 saturated heterocycles. The zero-order chi connectivity index (χ0) is 22.4. The van der Waals surface area contributed by atoms with E-state index in [2.05, 4.69) is 5.32 Å². The number of ether oxygens (including phenoxy) is 1. The molecule has 0 bridgehead atoms. The molecule has 1 aliphatic heterocycles. The third-order valence-electron chi connectivity index (χ3n) is 5.47. The molecule has 2 heterocycles. The number of piperidine rings is 1. The number of amides is 2. The van der Waals surface area contributed by atoms with Gasteiger partial charge >= 0.3 is 0 Å². The molecule has 7 heteroatoms. The first kappa shape index (κ1) is 22.7. The van der Waals surface area contributed by atoms with Crippen LogP contribution in [0.15, 0.2) is 30.3 Å². The predicted molar refractivity (Wildman–Crippen MR) is 119 cm³/mol.